The van der Waals surface area contributed by atoms with Crippen molar-refractivity contribution in [2.45, 2.75) is 20.0 Å². The molecule has 0 fully saturated rings. The van der Waals surface area contributed by atoms with Gasteiger partial charge in [0.1, 0.15) is 0 Å². The van der Waals surface area contributed by atoms with E-state index in [0.29, 0.717) is 16.5 Å². The van der Waals surface area contributed by atoms with E-state index in [1.807, 2.05) is 31.2 Å². The monoisotopic (exact) mass is 342 g/mol. The molecule has 0 radical (unpaired) electrons. The van der Waals surface area contributed by atoms with Gasteiger partial charge in [0.2, 0.25) is 5.89 Å². The minimum atomic E-state index is -0.680. The number of hydrogen-bond acceptors (Lipinski definition) is 5. The van der Waals surface area contributed by atoms with Crippen LogP contribution in [0, 0.1) is 6.92 Å². The lowest BCUT2D eigenvalue weighted by molar-refractivity contribution is 0.0280. The summed E-state index contributed by atoms with van der Waals surface area (Å²) in [6.07, 6.45) is -0.680. The summed E-state index contributed by atoms with van der Waals surface area (Å²) < 4.78 is 11.0. The van der Waals surface area contributed by atoms with Crippen LogP contribution >= 0.6 is 11.6 Å². The Hall–Kier alpha value is -2.66. The number of aromatic nitrogens is 2. The Kier molecular flexibility index (Phi) is 4.62. The van der Waals surface area contributed by atoms with E-state index in [2.05, 4.69) is 10.2 Å². The van der Waals surface area contributed by atoms with E-state index < -0.39 is 12.1 Å². The number of halogens is 1. The normalized spacial score (nSPS) is 12.0. The fraction of sp³-hybridized carbons (Fsp3) is 0.167. The number of benzene rings is 2. The quantitative estimate of drug-likeness (QED) is 0.647. The zero-order valence-electron chi connectivity index (χ0n) is 13.2. The van der Waals surface area contributed by atoms with Crippen molar-refractivity contribution in [2.75, 3.05) is 0 Å². The zero-order chi connectivity index (χ0) is 17.1. The van der Waals surface area contributed by atoms with E-state index >= 15 is 0 Å². The molecule has 0 unspecified atom stereocenters. The predicted octanol–water partition coefficient (Wildman–Crippen LogP) is 4.62. The van der Waals surface area contributed by atoms with Gasteiger partial charge in [0.15, 0.2) is 6.10 Å². The van der Waals surface area contributed by atoms with Crippen LogP contribution in [-0.4, -0.2) is 16.2 Å². The number of ether oxygens (including phenoxy) is 1. The summed E-state index contributed by atoms with van der Waals surface area (Å²) in [6.45, 7) is 3.67. The average Bonchev–Trinajstić information content (AvgIpc) is 3.06. The van der Waals surface area contributed by atoms with Crippen LogP contribution in [0.4, 0.5) is 0 Å². The minimum Gasteiger partial charge on any atom is -0.449 e. The number of nitrogens with zero attached hydrogens (tertiary/aromatic N) is 2. The van der Waals surface area contributed by atoms with Crippen LogP contribution < -0.4 is 0 Å². The van der Waals surface area contributed by atoms with E-state index in [1.165, 1.54) is 0 Å². The molecule has 1 heterocycles. The van der Waals surface area contributed by atoms with Crippen molar-refractivity contribution in [3.63, 3.8) is 0 Å². The van der Waals surface area contributed by atoms with Gasteiger partial charge in [-0.3, -0.25) is 0 Å². The average molecular weight is 343 g/mol. The lowest BCUT2D eigenvalue weighted by Crippen LogP contribution is -2.10. The number of esters is 1. The van der Waals surface area contributed by atoms with E-state index in [4.69, 9.17) is 20.8 Å². The summed E-state index contributed by atoms with van der Waals surface area (Å²) in [5.74, 6) is 0.0693. The van der Waals surface area contributed by atoms with Gasteiger partial charge in [0.25, 0.3) is 5.89 Å². The molecule has 122 valence electrons. The molecule has 3 aromatic rings. The molecule has 0 N–H and O–H groups in total. The van der Waals surface area contributed by atoms with E-state index in [9.17, 15) is 4.79 Å². The summed E-state index contributed by atoms with van der Waals surface area (Å²) in [7, 11) is 0. The van der Waals surface area contributed by atoms with Gasteiger partial charge in [-0.25, -0.2) is 4.79 Å². The first-order chi connectivity index (χ1) is 11.5. The molecule has 5 nitrogen and oxygen atoms in total. The summed E-state index contributed by atoms with van der Waals surface area (Å²) in [5.41, 5.74) is 2.24. The van der Waals surface area contributed by atoms with Crippen molar-refractivity contribution < 1.29 is 13.9 Å². The van der Waals surface area contributed by atoms with E-state index in [-0.39, 0.29) is 5.89 Å². The molecule has 1 aromatic heterocycles. The molecule has 0 saturated carbocycles. The molecule has 3 rings (SSSR count). The summed E-state index contributed by atoms with van der Waals surface area (Å²) >= 11 is 5.99. The Labute approximate surface area is 144 Å². The first-order valence-corrected chi connectivity index (χ1v) is 7.78. The molecule has 24 heavy (non-hydrogen) atoms. The molecule has 0 spiro atoms. The second kappa shape index (κ2) is 6.84. The maximum absolute atomic E-state index is 12.2. The molecule has 1 atom stereocenters. The van der Waals surface area contributed by atoms with Crippen LogP contribution in [0.15, 0.2) is 52.9 Å². The number of carbonyl (C=O) groups is 1. The van der Waals surface area contributed by atoms with Gasteiger partial charge in [-0.15, -0.1) is 10.2 Å². The molecule has 0 aliphatic heterocycles. The van der Waals surface area contributed by atoms with Crippen LogP contribution in [-0.2, 0) is 4.74 Å². The highest BCUT2D eigenvalue weighted by Gasteiger charge is 2.21. The molecule has 0 amide bonds. The van der Waals surface area contributed by atoms with Gasteiger partial charge in [-0.05, 0) is 38.1 Å². The topological polar surface area (TPSA) is 65.2 Å². The molecule has 0 aliphatic carbocycles. The van der Waals surface area contributed by atoms with Crippen LogP contribution in [0.5, 0.6) is 0 Å². The zero-order valence-corrected chi connectivity index (χ0v) is 13.9. The molecule has 0 aliphatic rings. The van der Waals surface area contributed by atoms with E-state index in [1.54, 1.807) is 31.2 Å². The van der Waals surface area contributed by atoms with Crippen LogP contribution in [0.2, 0.25) is 5.02 Å². The Morgan fingerprint density at radius 1 is 1.12 bits per heavy atom. The molecular formula is C18H15ClN2O3. The lowest BCUT2D eigenvalue weighted by Gasteiger charge is -2.10. The fourth-order valence-corrected chi connectivity index (χ4v) is 2.33. The lowest BCUT2D eigenvalue weighted by atomic mass is 10.1. The smallest absolute Gasteiger partial charge is 0.340 e. The van der Waals surface area contributed by atoms with Crippen LogP contribution in [0.3, 0.4) is 0 Å². The third-order valence-corrected chi connectivity index (χ3v) is 3.79. The van der Waals surface area contributed by atoms with Gasteiger partial charge in [-0.2, -0.15) is 0 Å². The third kappa shape index (κ3) is 3.46. The molecule has 0 bridgehead atoms. The molecule has 6 heteroatoms. The van der Waals surface area contributed by atoms with Gasteiger partial charge >= 0.3 is 5.97 Å². The van der Waals surface area contributed by atoms with Crippen molar-refractivity contribution in [1.82, 2.24) is 10.2 Å². The first kappa shape index (κ1) is 16.2. The first-order valence-electron chi connectivity index (χ1n) is 7.40. The summed E-state index contributed by atoms with van der Waals surface area (Å²) in [5, 5.41) is 8.29. The number of aryl methyl sites for hydroxylation is 1. The highest BCUT2D eigenvalue weighted by Crippen LogP contribution is 2.24. The fourth-order valence-electron chi connectivity index (χ4n) is 2.11. The number of hydrogen-bond donors (Lipinski definition) is 0. The van der Waals surface area contributed by atoms with Crippen molar-refractivity contribution in [1.29, 1.82) is 0 Å². The van der Waals surface area contributed by atoms with Crippen molar-refractivity contribution >= 4 is 17.6 Å². The largest absolute Gasteiger partial charge is 0.449 e. The maximum Gasteiger partial charge on any atom is 0.340 e. The van der Waals surface area contributed by atoms with Crippen molar-refractivity contribution in [2.24, 2.45) is 0 Å². The maximum atomic E-state index is 12.2. The Morgan fingerprint density at radius 2 is 1.83 bits per heavy atom. The third-order valence-electron chi connectivity index (χ3n) is 3.46. The summed E-state index contributed by atoms with van der Waals surface area (Å²) in [6, 6.07) is 14.4. The van der Waals surface area contributed by atoms with Crippen molar-refractivity contribution in [3.8, 4) is 11.5 Å². The predicted molar refractivity (Wildman–Crippen MR) is 89.8 cm³/mol. The Balaban J connectivity index is 1.74. The van der Waals surface area contributed by atoms with Gasteiger partial charge in [0.05, 0.1) is 10.6 Å². The molecule has 2 aromatic carbocycles. The van der Waals surface area contributed by atoms with E-state index in [0.717, 1.165) is 11.1 Å². The van der Waals surface area contributed by atoms with Gasteiger partial charge in [0, 0.05) is 5.56 Å². The van der Waals surface area contributed by atoms with Crippen LogP contribution in [0.1, 0.15) is 34.8 Å². The van der Waals surface area contributed by atoms with Gasteiger partial charge < -0.3 is 9.15 Å². The second-order valence-electron chi connectivity index (χ2n) is 5.34. The molecular weight excluding hydrogens is 328 g/mol. The highest BCUT2D eigenvalue weighted by molar-refractivity contribution is 6.33. The minimum absolute atomic E-state index is 0.228. The van der Waals surface area contributed by atoms with Crippen molar-refractivity contribution in [3.05, 3.63) is 70.6 Å². The SMILES string of the molecule is Cc1ccc(-c2nnc([C@H](C)OC(=O)c3ccccc3Cl)o2)cc1. The standard InChI is InChI=1S/C18H15ClN2O3/c1-11-7-9-13(10-8-11)17-21-20-16(24-17)12(2)23-18(22)14-5-3-4-6-15(14)19/h3-10,12H,1-2H3/t12-/m0/s1. The number of carbonyl (C=O) groups excluding carboxylic acids is 1. The second-order valence-corrected chi connectivity index (χ2v) is 5.75. The van der Waals surface area contributed by atoms with Gasteiger partial charge in [-0.1, -0.05) is 41.4 Å². The highest BCUT2D eigenvalue weighted by atomic mass is 35.5. The number of rotatable bonds is 4. The van der Waals surface area contributed by atoms with Crippen LogP contribution in [0.25, 0.3) is 11.5 Å². The Morgan fingerprint density at radius 3 is 2.54 bits per heavy atom. The molecule has 0 saturated heterocycles. The summed E-state index contributed by atoms with van der Waals surface area (Å²) in [4.78, 5) is 12.2. The Bertz CT molecular complexity index is 859.